The lowest BCUT2D eigenvalue weighted by atomic mass is 9.96. The standard InChI is InChI=1S/C37H44N4O5S/c1-27-33(40-47(5,44)45)14-10-15-34(27)41(25-29-11-7-6-8-12-29)26-30-19-23-32(24-20-30)46-31-21-17-28(18-22-31)13-9-16-35(42)38-39-36(43)37(2,3)4/h6-8,10-12,14-15,17-24,40H,9,13,16,25-26H2,1-5H3,(H,38,42)(H,39,43). The van der Waals surface area contributed by atoms with Crippen molar-refractivity contribution >= 4 is 33.2 Å². The van der Waals surface area contributed by atoms with E-state index < -0.39 is 15.4 Å². The first-order chi connectivity index (χ1) is 22.3. The lowest BCUT2D eigenvalue weighted by Crippen LogP contribution is -2.46. The number of carbonyl (C=O) groups excluding carboxylic acids is 2. The number of benzene rings is 4. The highest BCUT2D eigenvalue weighted by Gasteiger charge is 2.21. The molecule has 47 heavy (non-hydrogen) atoms. The topological polar surface area (TPSA) is 117 Å². The summed E-state index contributed by atoms with van der Waals surface area (Å²) in [6, 6.07) is 31.6. The molecule has 0 bridgehead atoms. The molecule has 0 saturated carbocycles. The van der Waals surface area contributed by atoms with E-state index in [4.69, 9.17) is 4.74 Å². The Morgan fingerprint density at radius 2 is 1.32 bits per heavy atom. The van der Waals surface area contributed by atoms with Gasteiger partial charge >= 0.3 is 0 Å². The van der Waals surface area contributed by atoms with Crippen LogP contribution in [0.3, 0.4) is 0 Å². The van der Waals surface area contributed by atoms with E-state index in [9.17, 15) is 18.0 Å². The number of hydrogen-bond acceptors (Lipinski definition) is 6. The number of nitrogens with zero attached hydrogens (tertiary/aromatic N) is 1. The van der Waals surface area contributed by atoms with E-state index in [2.05, 4.69) is 32.6 Å². The second-order valence-corrected chi connectivity index (χ2v) is 14.4. The zero-order valence-electron chi connectivity index (χ0n) is 27.7. The van der Waals surface area contributed by atoms with Gasteiger partial charge in [0.2, 0.25) is 21.8 Å². The summed E-state index contributed by atoms with van der Waals surface area (Å²) in [4.78, 5) is 26.2. The molecule has 3 N–H and O–H groups in total. The maximum absolute atomic E-state index is 12.1. The van der Waals surface area contributed by atoms with Crippen molar-refractivity contribution in [1.82, 2.24) is 10.9 Å². The molecule has 0 aliphatic rings. The number of anilines is 2. The minimum Gasteiger partial charge on any atom is -0.457 e. The molecular weight excluding hydrogens is 612 g/mol. The number of rotatable bonds is 13. The number of sulfonamides is 1. The second-order valence-electron chi connectivity index (χ2n) is 12.7. The van der Waals surface area contributed by atoms with E-state index >= 15 is 0 Å². The van der Waals surface area contributed by atoms with Gasteiger partial charge in [0, 0.05) is 30.6 Å². The van der Waals surface area contributed by atoms with E-state index in [1.54, 1.807) is 26.8 Å². The van der Waals surface area contributed by atoms with Crippen LogP contribution in [0.5, 0.6) is 11.5 Å². The first kappa shape index (κ1) is 35.0. The fourth-order valence-corrected chi connectivity index (χ4v) is 5.50. The molecule has 0 saturated heterocycles. The zero-order valence-corrected chi connectivity index (χ0v) is 28.5. The average molecular weight is 657 g/mol. The molecule has 4 rings (SSSR count). The first-order valence-electron chi connectivity index (χ1n) is 15.6. The Labute approximate surface area is 278 Å². The third-order valence-corrected chi connectivity index (χ3v) is 8.07. The molecule has 0 heterocycles. The van der Waals surface area contributed by atoms with E-state index in [0.717, 1.165) is 40.6 Å². The molecule has 2 amide bonds. The Hall–Kier alpha value is -4.83. The molecule has 9 nitrogen and oxygen atoms in total. The van der Waals surface area contributed by atoms with Crippen molar-refractivity contribution in [2.24, 2.45) is 5.41 Å². The van der Waals surface area contributed by atoms with Gasteiger partial charge in [-0.15, -0.1) is 0 Å². The van der Waals surface area contributed by atoms with Crippen LogP contribution in [-0.2, 0) is 39.1 Å². The molecule has 248 valence electrons. The molecule has 0 fully saturated rings. The van der Waals surface area contributed by atoms with Crippen molar-refractivity contribution in [3.8, 4) is 11.5 Å². The number of aryl methyl sites for hydroxylation is 1. The molecule has 0 aliphatic heterocycles. The smallest absolute Gasteiger partial charge is 0.243 e. The molecule has 4 aromatic rings. The lowest BCUT2D eigenvalue weighted by molar-refractivity contribution is -0.133. The predicted molar refractivity (Wildman–Crippen MR) is 188 cm³/mol. The van der Waals surface area contributed by atoms with Crippen LogP contribution in [0, 0.1) is 12.3 Å². The summed E-state index contributed by atoms with van der Waals surface area (Å²) < 4.78 is 32.6. The fraction of sp³-hybridized carbons (Fsp3) is 0.297. The fourth-order valence-electron chi connectivity index (χ4n) is 4.88. The Bertz CT molecular complexity index is 1750. The summed E-state index contributed by atoms with van der Waals surface area (Å²) in [6.07, 6.45) is 2.84. The minimum atomic E-state index is -3.42. The van der Waals surface area contributed by atoms with Crippen LogP contribution in [0.25, 0.3) is 0 Å². The van der Waals surface area contributed by atoms with Crippen molar-refractivity contribution in [2.45, 2.75) is 60.0 Å². The highest BCUT2D eigenvalue weighted by molar-refractivity contribution is 7.92. The van der Waals surface area contributed by atoms with Gasteiger partial charge in [0.05, 0.1) is 11.9 Å². The number of hydrogen-bond donors (Lipinski definition) is 3. The lowest BCUT2D eigenvalue weighted by Gasteiger charge is -2.28. The number of amides is 2. The van der Waals surface area contributed by atoms with Gasteiger partial charge in [0.25, 0.3) is 0 Å². The summed E-state index contributed by atoms with van der Waals surface area (Å²) >= 11 is 0. The average Bonchev–Trinajstić information content (AvgIpc) is 3.02. The second kappa shape index (κ2) is 15.6. The van der Waals surface area contributed by atoms with Gasteiger partial charge in [0.1, 0.15) is 11.5 Å². The molecule has 0 atom stereocenters. The number of hydrazine groups is 1. The van der Waals surface area contributed by atoms with Crippen LogP contribution in [-0.4, -0.2) is 26.5 Å². The largest absolute Gasteiger partial charge is 0.457 e. The van der Waals surface area contributed by atoms with E-state index in [0.29, 0.717) is 43.1 Å². The van der Waals surface area contributed by atoms with E-state index in [1.165, 1.54) is 0 Å². The highest BCUT2D eigenvalue weighted by atomic mass is 32.2. The van der Waals surface area contributed by atoms with Crippen molar-refractivity contribution in [3.63, 3.8) is 0 Å². The maximum atomic E-state index is 12.1. The van der Waals surface area contributed by atoms with Gasteiger partial charge in [-0.05, 0) is 78.4 Å². The van der Waals surface area contributed by atoms with Gasteiger partial charge < -0.3 is 9.64 Å². The Balaban J connectivity index is 1.35. The van der Waals surface area contributed by atoms with Crippen LogP contribution in [0.2, 0.25) is 0 Å². The normalized spacial score (nSPS) is 11.4. The zero-order chi connectivity index (χ0) is 34.0. The van der Waals surface area contributed by atoms with E-state index in [1.807, 2.05) is 85.8 Å². The molecule has 0 unspecified atom stereocenters. The van der Waals surface area contributed by atoms with Crippen molar-refractivity contribution in [2.75, 3.05) is 15.9 Å². The van der Waals surface area contributed by atoms with Crippen LogP contribution in [0.4, 0.5) is 11.4 Å². The van der Waals surface area contributed by atoms with Gasteiger partial charge in [-0.1, -0.05) is 81.4 Å². The summed E-state index contributed by atoms with van der Waals surface area (Å²) in [7, 11) is -3.42. The predicted octanol–water partition coefficient (Wildman–Crippen LogP) is 6.88. The molecule has 4 aromatic carbocycles. The summed E-state index contributed by atoms with van der Waals surface area (Å²) in [5.41, 5.74) is 10.0. The monoisotopic (exact) mass is 656 g/mol. The third kappa shape index (κ3) is 11.2. The Morgan fingerprint density at radius 1 is 0.745 bits per heavy atom. The maximum Gasteiger partial charge on any atom is 0.243 e. The van der Waals surface area contributed by atoms with Crippen molar-refractivity contribution in [3.05, 3.63) is 119 Å². The van der Waals surface area contributed by atoms with Crippen molar-refractivity contribution < 1.29 is 22.7 Å². The molecule has 10 heteroatoms. The third-order valence-electron chi connectivity index (χ3n) is 7.48. The number of carbonyl (C=O) groups is 2. The molecule has 0 aliphatic carbocycles. The molecule has 0 aromatic heterocycles. The summed E-state index contributed by atoms with van der Waals surface area (Å²) in [5, 5.41) is 0. The van der Waals surface area contributed by atoms with Crippen LogP contribution >= 0.6 is 0 Å². The number of nitrogens with one attached hydrogen (secondary N) is 3. The highest BCUT2D eigenvalue weighted by Crippen LogP contribution is 2.31. The summed E-state index contributed by atoms with van der Waals surface area (Å²) in [5.74, 6) is 0.964. The molecule has 0 radical (unpaired) electrons. The van der Waals surface area contributed by atoms with Crippen LogP contribution in [0.1, 0.15) is 55.9 Å². The quantitative estimate of drug-likeness (QED) is 0.135. The number of ether oxygens (including phenoxy) is 1. The first-order valence-corrected chi connectivity index (χ1v) is 17.5. The van der Waals surface area contributed by atoms with Crippen molar-refractivity contribution in [1.29, 1.82) is 0 Å². The Kier molecular flexibility index (Phi) is 11.7. The van der Waals surface area contributed by atoms with Gasteiger partial charge in [0.15, 0.2) is 0 Å². The molecule has 0 spiro atoms. The molecular formula is C37H44N4O5S. The van der Waals surface area contributed by atoms with Crippen LogP contribution < -0.4 is 25.2 Å². The van der Waals surface area contributed by atoms with E-state index in [-0.39, 0.29) is 11.8 Å². The minimum absolute atomic E-state index is 0.221. The SMILES string of the molecule is Cc1c(NS(C)(=O)=O)cccc1N(Cc1ccccc1)Cc1ccc(Oc2ccc(CCCC(=O)NNC(=O)C(C)(C)C)cc2)cc1. The Morgan fingerprint density at radius 3 is 1.89 bits per heavy atom. The van der Waals surface area contributed by atoms with Gasteiger partial charge in [-0.3, -0.25) is 25.2 Å². The summed E-state index contributed by atoms with van der Waals surface area (Å²) in [6.45, 7) is 8.53. The van der Waals surface area contributed by atoms with Gasteiger partial charge in [-0.25, -0.2) is 8.42 Å². The van der Waals surface area contributed by atoms with Crippen LogP contribution in [0.15, 0.2) is 97.1 Å². The van der Waals surface area contributed by atoms with Gasteiger partial charge in [-0.2, -0.15) is 0 Å².